The van der Waals surface area contributed by atoms with Gasteiger partial charge < -0.3 is 20.8 Å². The summed E-state index contributed by atoms with van der Waals surface area (Å²) in [5, 5.41) is 23.2. The van der Waals surface area contributed by atoms with Crippen molar-refractivity contribution in [3.63, 3.8) is 0 Å². The van der Waals surface area contributed by atoms with E-state index in [1.807, 2.05) is 0 Å². The van der Waals surface area contributed by atoms with Crippen LogP contribution in [0.2, 0.25) is 0 Å². The van der Waals surface area contributed by atoms with Crippen LogP contribution in [0.5, 0.6) is 0 Å². The minimum atomic E-state index is -4.68. The number of aliphatic hydroxyl groups is 2. The Hall–Kier alpha value is -1.61. The summed E-state index contributed by atoms with van der Waals surface area (Å²) in [5.74, 6) is -1.47. The lowest BCUT2D eigenvalue weighted by Crippen LogP contribution is -2.43. The fraction of sp³-hybridized carbons (Fsp3) is 0.600. The Balaban J connectivity index is 3.14. The minimum Gasteiger partial charge on any atom is -0.394 e. The first-order chi connectivity index (χ1) is 8.74. The smallest absolute Gasteiger partial charge is 0.394 e. The fourth-order valence-electron chi connectivity index (χ4n) is 1.20. The van der Waals surface area contributed by atoms with Gasteiger partial charge in [0.05, 0.1) is 18.8 Å². The van der Waals surface area contributed by atoms with Gasteiger partial charge in [0.1, 0.15) is 11.6 Å². The summed E-state index contributed by atoms with van der Waals surface area (Å²) in [5.41, 5.74) is -1.18. The molecule has 19 heavy (non-hydrogen) atoms. The van der Waals surface area contributed by atoms with Gasteiger partial charge in [0, 0.05) is 13.1 Å². The number of alkyl halides is 3. The lowest BCUT2D eigenvalue weighted by atomic mass is 10.1. The molecule has 0 aliphatic heterocycles. The molecule has 1 aromatic rings. The number of anilines is 2. The van der Waals surface area contributed by atoms with Crippen LogP contribution in [0.25, 0.3) is 0 Å². The second-order valence-electron chi connectivity index (χ2n) is 4.21. The van der Waals surface area contributed by atoms with Gasteiger partial charge in [-0.15, -0.1) is 0 Å². The third kappa shape index (κ3) is 3.93. The van der Waals surface area contributed by atoms with Gasteiger partial charge in [-0.05, 0) is 6.92 Å². The Bertz CT molecular complexity index is 435. The van der Waals surface area contributed by atoms with E-state index in [0.29, 0.717) is 0 Å². The van der Waals surface area contributed by atoms with Gasteiger partial charge in [0.25, 0.3) is 0 Å². The summed E-state index contributed by atoms with van der Waals surface area (Å²) >= 11 is 0. The number of hydrogen-bond donors (Lipinski definition) is 4. The average Bonchev–Trinajstić information content (AvgIpc) is 2.37. The highest BCUT2D eigenvalue weighted by atomic mass is 19.4. The Kier molecular flexibility index (Phi) is 4.53. The molecule has 0 atom stereocenters. The van der Waals surface area contributed by atoms with Crippen molar-refractivity contribution < 1.29 is 23.4 Å². The number of hydrogen-bond acceptors (Lipinski definition) is 6. The number of rotatable bonds is 5. The SMILES string of the molecule is CNc1cc(NC(C)(CO)CO)nc(C(F)(F)F)n1. The Morgan fingerprint density at radius 2 is 1.68 bits per heavy atom. The summed E-state index contributed by atoms with van der Waals surface area (Å²) < 4.78 is 37.8. The predicted molar refractivity (Wildman–Crippen MR) is 62.8 cm³/mol. The van der Waals surface area contributed by atoms with Gasteiger partial charge in [-0.2, -0.15) is 13.2 Å². The van der Waals surface area contributed by atoms with Gasteiger partial charge in [0.15, 0.2) is 0 Å². The lowest BCUT2D eigenvalue weighted by Gasteiger charge is -2.27. The lowest BCUT2D eigenvalue weighted by molar-refractivity contribution is -0.144. The van der Waals surface area contributed by atoms with Crippen LogP contribution in [-0.2, 0) is 6.18 Å². The van der Waals surface area contributed by atoms with E-state index in [0.717, 1.165) is 0 Å². The van der Waals surface area contributed by atoms with E-state index < -0.39 is 30.8 Å². The summed E-state index contributed by atoms with van der Waals surface area (Å²) in [4.78, 5) is 6.62. The highest BCUT2D eigenvalue weighted by molar-refractivity contribution is 5.49. The number of nitrogens with one attached hydrogen (secondary N) is 2. The van der Waals surface area contributed by atoms with E-state index in [9.17, 15) is 13.2 Å². The molecular weight excluding hydrogens is 265 g/mol. The molecule has 0 radical (unpaired) electrons. The monoisotopic (exact) mass is 280 g/mol. The molecule has 108 valence electrons. The molecule has 0 saturated carbocycles. The summed E-state index contributed by atoms with van der Waals surface area (Å²) in [6.45, 7) is 0.509. The highest BCUT2D eigenvalue weighted by Crippen LogP contribution is 2.28. The zero-order chi connectivity index (χ0) is 14.7. The van der Waals surface area contributed by atoms with Gasteiger partial charge in [-0.3, -0.25) is 0 Å². The molecule has 0 saturated heterocycles. The summed E-state index contributed by atoms with van der Waals surface area (Å²) in [7, 11) is 1.42. The summed E-state index contributed by atoms with van der Waals surface area (Å²) in [6, 6.07) is 1.25. The molecule has 9 heteroatoms. The molecule has 0 unspecified atom stereocenters. The molecule has 1 aromatic heterocycles. The zero-order valence-electron chi connectivity index (χ0n) is 10.4. The van der Waals surface area contributed by atoms with E-state index in [4.69, 9.17) is 10.2 Å². The zero-order valence-corrected chi connectivity index (χ0v) is 10.4. The van der Waals surface area contributed by atoms with Crippen molar-refractivity contribution in [2.45, 2.75) is 18.6 Å². The van der Waals surface area contributed by atoms with E-state index in [2.05, 4.69) is 20.6 Å². The average molecular weight is 280 g/mol. The topological polar surface area (TPSA) is 90.3 Å². The van der Waals surface area contributed by atoms with Crippen molar-refractivity contribution in [1.82, 2.24) is 9.97 Å². The van der Waals surface area contributed by atoms with Gasteiger partial charge in [-0.1, -0.05) is 0 Å². The molecule has 0 aromatic carbocycles. The van der Waals surface area contributed by atoms with E-state index in [1.165, 1.54) is 20.0 Å². The molecular formula is C10H15F3N4O2. The third-order valence-corrected chi connectivity index (χ3v) is 2.36. The Morgan fingerprint density at radius 3 is 2.11 bits per heavy atom. The van der Waals surface area contributed by atoms with Crippen molar-refractivity contribution in [2.24, 2.45) is 0 Å². The van der Waals surface area contributed by atoms with Gasteiger partial charge in [0.2, 0.25) is 5.82 Å². The second-order valence-corrected chi connectivity index (χ2v) is 4.21. The normalized spacial score (nSPS) is 12.4. The predicted octanol–water partition coefficient (Wildman–Crippen LogP) is 0.692. The molecule has 1 rings (SSSR count). The van der Waals surface area contributed by atoms with Crippen LogP contribution >= 0.6 is 0 Å². The van der Waals surface area contributed by atoms with Crippen LogP contribution < -0.4 is 10.6 Å². The van der Waals surface area contributed by atoms with Crippen LogP contribution in [0.15, 0.2) is 6.07 Å². The quantitative estimate of drug-likeness (QED) is 0.634. The van der Waals surface area contributed by atoms with Crippen molar-refractivity contribution >= 4 is 11.6 Å². The van der Waals surface area contributed by atoms with E-state index in [1.54, 1.807) is 0 Å². The minimum absolute atomic E-state index is 0.0249. The first-order valence-corrected chi connectivity index (χ1v) is 5.38. The molecule has 1 heterocycles. The van der Waals surface area contributed by atoms with Crippen LogP contribution in [0.4, 0.5) is 24.8 Å². The van der Waals surface area contributed by atoms with Crippen molar-refractivity contribution in [1.29, 1.82) is 0 Å². The Morgan fingerprint density at radius 1 is 1.16 bits per heavy atom. The highest BCUT2D eigenvalue weighted by Gasteiger charge is 2.36. The maximum absolute atomic E-state index is 12.6. The van der Waals surface area contributed by atoms with E-state index in [-0.39, 0.29) is 11.6 Å². The number of nitrogens with zero attached hydrogens (tertiary/aromatic N) is 2. The maximum Gasteiger partial charge on any atom is 0.451 e. The first-order valence-electron chi connectivity index (χ1n) is 5.38. The molecule has 0 bridgehead atoms. The molecule has 6 nitrogen and oxygen atoms in total. The third-order valence-electron chi connectivity index (χ3n) is 2.36. The molecule has 0 aliphatic rings. The Labute approximate surface area is 107 Å². The van der Waals surface area contributed by atoms with Crippen molar-refractivity contribution in [3.8, 4) is 0 Å². The van der Waals surface area contributed by atoms with Crippen LogP contribution in [-0.4, -0.2) is 46.0 Å². The molecule has 0 amide bonds. The second kappa shape index (κ2) is 5.57. The molecule has 0 fully saturated rings. The van der Waals surface area contributed by atoms with Crippen LogP contribution in [0.3, 0.4) is 0 Å². The maximum atomic E-state index is 12.6. The van der Waals surface area contributed by atoms with Crippen molar-refractivity contribution in [2.75, 3.05) is 30.9 Å². The number of aromatic nitrogens is 2. The van der Waals surface area contributed by atoms with Crippen LogP contribution in [0, 0.1) is 0 Å². The largest absolute Gasteiger partial charge is 0.451 e. The molecule has 4 N–H and O–H groups in total. The summed E-state index contributed by atoms with van der Waals surface area (Å²) in [6.07, 6.45) is -4.68. The molecule has 0 aliphatic carbocycles. The molecule has 0 spiro atoms. The van der Waals surface area contributed by atoms with E-state index >= 15 is 0 Å². The standard InChI is InChI=1S/C10H15F3N4O2/c1-9(4-18,5-19)17-7-3-6(14-2)15-8(16-7)10(11,12)13/h3,18-19H,4-5H2,1-2H3,(H2,14,15,16,17). The van der Waals surface area contributed by atoms with Crippen molar-refractivity contribution in [3.05, 3.63) is 11.9 Å². The number of halogens is 3. The number of aliphatic hydroxyl groups excluding tert-OH is 2. The van der Waals surface area contributed by atoms with Gasteiger partial charge in [-0.25, -0.2) is 9.97 Å². The fourth-order valence-corrected chi connectivity index (χ4v) is 1.20. The van der Waals surface area contributed by atoms with Gasteiger partial charge >= 0.3 is 6.18 Å². The van der Waals surface area contributed by atoms with Crippen LogP contribution in [0.1, 0.15) is 12.7 Å². The first kappa shape index (κ1) is 15.4.